The summed E-state index contributed by atoms with van der Waals surface area (Å²) in [5, 5.41) is 18.5. The van der Waals surface area contributed by atoms with Crippen molar-refractivity contribution in [2.75, 3.05) is 6.54 Å². The minimum atomic E-state index is -0.407. The van der Waals surface area contributed by atoms with Gasteiger partial charge in [0.25, 0.3) is 0 Å². The molecule has 1 aromatic carbocycles. The molecule has 5 nitrogen and oxygen atoms in total. The Morgan fingerprint density at radius 1 is 1.44 bits per heavy atom. The summed E-state index contributed by atoms with van der Waals surface area (Å²) in [4.78, 5) is 3.06. The number of H-pyrrole nitrogens is 1. The molecule has 0 radical (unpaired) electrons. The third kappa shape index (κ3) is 2.58. The fourth-order valence-corrected chi connectivity index (χ4v) is 3.55. The Labute approximate surface area is 145 Å². The van der Waals surface area contributed by atoms with Gasteiger partial charge in [-0.2, -0.15) is 5.10 Å². The Morgan fingerprint density at radius 2 is 2.28 bits per heavy atom. The number of allylic oxidation sites excluding steroid dienone is 1. The number of rotatable bonds is 3. The molecule has 0 unspecified atom stereocenters. The zero-order chi connectivity index (χ0) is 17.6. The molecule has 130 valence electrons. The number of halogens is 1. The van der Waals surface area contributed by atoms with Crippen LogP contribution in [0.1, 0.15) is 30.7 Å². The summed E-state index contributed by atoms with van der Waals surface area (Å²) in [6.07, 6.45) is 4.61. The molecule has 0 spiro atoms. The topological polar surface area (TPSA) is 65.9 Å². The number of hydrogen-bond donors (Lipinski definition) is 3. The fourth-order valence-electron chi connectivity index (χ4n) is 3.55. The predicted octanol–water partition coefficient (Wildman–Crippen LogP) is 3.19. The second-order valence-corrected chi connectivity index (χ2v) is 6.66. The monoisotopic (exact) mass is 340 g/mol. The van der Waals surface area contributed by atoms with E-state index in [2.05, 4.69) is 10.3 Å². The Hall–Kier alpha value is -2.44. The number of aliphatic hydroxyl groups is 1. The van der Waals surface area contributed by atoms with Crippen LogP contribution in [0.25, 0.3) is 28.4 Å². The van der Waals surface area contributed by atoms with Crippen molar-refractivity contribution in [3.05, 3.63) is 46.5 Å². The quantitative estimate of drug-likeness (QED) is 0.686. The van der Waals surface area contributed by atoms with Gasteiger partial charge in [-0.15, -0.1) is 0 Å². The first kappa shape index (κ1) is 16.1. The lowest BCUT2D eigenvalue weighted by atomic mass is 9.97. The highest BCUT2D eigenvalue weighted by atomic mass is 19.1. The van der Waals surface area contributed by atoms with Gasteiger partial charge in [-0.1, -0.05) is 5.57 Å². The van der Waals surface area contributed by atoms with Crippen molar-refractivity contribution >= 4 is 17.1 Å². The molecule has 4 rings (SSSR count). The van der Waals surface area contributed by atoms with E-state index in [1.54, 1.807) is 6.20 Å². The number of benzene rings is 1. The van der Waals surface area contributed by atoms with Gasteiger partial charge in [-0.3, -0.25) is 0 Å². The van der Waals surface area contributed by atoms with Crippen LogP contribution >= 0.6 is 0 Å². The number of nitrogens with one attached hydrogen (secondary N) is 2. The van der Waals surface area contributed by atoms with E-state index in [1.807, 2.05) is 30.8 Å². The molecular weight excluding hydrogens is 319 g/mol. The minimum Gasteiger partial charge on any atom is -0.391 e. The maximum absolute atomic E-state index is 14.6. The smallest absolute Gasteiger partial charge is 0.131 e. The van der Waals surface area contributed by atoms with E-state index in [1.165, 1.54) is 6.07 Å². The van der Waals surface area contributed by atoms with Crippen molar-refractivity contribution in [2.24, 2.45) is 0 Å². The zero-order valence-corrected chi connectivity index (χ0v) is 14.4. The highest BCUT2D eigenvalue weighted by molar-refractivity contribution is 5.97. The van der Waals surface area contributed by atoms with E-state index in [-0.39, 0.29) is 6.61 Å². The first-order valence-electron chi connectivity index (χ1n) is 8.46. The van der Waals surface area contributed by atoms with E-state index < -0.39 is 5.82 Å². The third-order valence-electron chi connectivity index (χ3n) is 4.62. The van der Waals surface area contributed by atoms with Crippen LogP contribution < -0.4 is 5.32 Å². The van der Waals surface area contributed by atoms with Crippen molar-refractivity contribution in [3.63, 3.8) is 0 Å². The first-order chi connectivity index (χ1) is 12.1. The van der Waals surface area contributed by atoms with Crippen LogP contribution in [0.2, 0.25) is 0 Å². The van der Waals surface area contributed by atoms with Gasteiger partial charge in [-0.05, 0) is 26.0 Å². The molecule has 0 amide bonds. The number of aliphatic hydroxyl groups excluding tert-OH is 1. The van der Waals surface area contributed by atoms with Crippen LogP contribution in [0.3, 0.4) is 0 Å². The second kappa shape index (κ2) is 6.13. The first-order valence-corrected chi connectivity index (χ1v) is 8.46. The van der Waals surface area contributed by atoms with Crippen molar-refractivity contribution in [1.82, 2.24) is 20.1 Å². The lowest BCUT2D eigenvalue weighted by Crippen LogP contribution is -2.23. The van der Waals surface area contributed by atoms with Crippen LogP contribution in [0, 0.1) is 5.82 Å². The van der Waals surface area contributed by atoms with Gasteiger partial charge in [0.05, 0.1) is 23.5 Å². The minimum absolute atomic E-state index is 0.295. The van der Waals surface area contributed by atoms with Crippen LogP contribution in [0.5, 0.6) is 0 Å². The lowest BCUT2D eigenvalue weighted by Gasteiger charge is -2.15. The summed E-state index contributed by atoms with van der Waals surface area (Å²) in [5.41, 5.74) is 5.93. The normalized spacial score (nSPS) is 13.9. The molecule has 0 aliphatic carbocycles. The molecular formula is C19H21FN4O. The fraction of sp³-hybridized carbons (Fsp3) is 0.316. The van der Waals surface area contributed by atoms with Gasteiger partial charge in [0.1, 0.15) is 5.82 Å². The molecule has 3 heterocycles. The van der Waals surface area contributed by atoms with Crippen molar-refractivity contribution in [3.8, 4) is 11.3 Å². The molecule has 0 saturated heterocycles. The van der Waals surface area contributed by atoms with E-state index >= 15 is 0 Å². The number of aromatic nitrogens is 3. The van der Waals surface area contributed by atoms with E-state index in [0.29, 0.717) is 11.1 Å². The maximum atomic E-state index is 14.6. The molecule has 25 heavy (non-hydrogen) atoms. The number of nitrogens with zero attached hydrogens (tertiary/aromatic N) is 2. The maximum Gasteiger partial charge on any atom is 0.131 e. The average molecular weight is 340 g/mol. The molecule has 0 atom stereocenters. The summed E-state index contributed by atoms with van der Waals surface area (Å²) in [6.45, 7) is 5.32. The second-order valence-electron chi connectivity index (χ2n) is 6.66. The van der Waals surface area contributed by atoms with Crippen molar-refractivity contribution in [1.29, 1.82) is 0 Å². The van der Waals surface area contributed by atoms with E-state index in [9.17, 15) is 9.50 Å². The van der Waals surface area contributed by atoms with Gasteiger partial charge < -0.3 is 15.4 Å². The SMILES string of the molecule is CC(C)=Cn1nc2c(c1-c1cc(F)c(CO)c3[nH]ccc13)CNCC2. The predicted molar refractivity (Wildman–Crippen MR) is 96.4 cm³/mol. The molecule has 1 aliphatic heterocycles. The third-order valence-corrected chi connectivity index (χ3v) is 4.62. The molecule has 1 aliphatic rings. The van der Waals surface area contributed by atoms with E-state index in [0.717, 1.165) is 53.0 Å². The molecule has 3 aromatic rings. The number of aromatic amines is 1. The average Bonchev–Trinajstić information content (AvgIpc) is 3.18. The van der Waals surface area contributed by atoms with Crippen LogP contribution in [0.15, 0.2) is 23.9 Å². The standard InChI is InChI=1S/C19H21FN4O/c1-11(2)9-24-19(14-8-21-5-4-17(14)23-24)13-7-16(20)15(10-25)18-12(13)3-6-22-18/h3,6-7,9,21-22,25H,4-5,8,10H2,1-2H3. The lowest BCUT2D eigenvalue weighted by molar-refractivity contribution is 0.277. The molecule has 3 N–H and O–H groups in total. The number of fused-ring (bicyclic) bond motifs is 2. The van der Waals surface area contributed by atoms with Gasteiger partial charge in [-0.25, -0.2) is 9.07 Å². The van der Waals surface area contributed by atoms with Crippen molar-refractivity contribution in [2.45, 2.75) is 33.4 Å². The molecule has 0 saturated carbocycles. The molecule has 6 heteroatoms. The van der Waals surface area contributed by atoms with Crippen LogP contribution in [0.4, 0.5) is 4.39 Å². The molecule has 0 bridgehead atoms. The summed E-state index contributed by atoms with van der Waals surface area (Å²) in [7, 11) is 0. The summed E-state index contributed by atoms with van der Waals surface area (Å²) in [6, 6.07) is 3.44. The Morgan fingerprint density at radius 3 is 3.04 bits per heavy atom. The number of hydrogen-bond acceptors (Lipinski definition) is 3. The summed E-state index contributed by atoms with van der Waals surface area (Å²) in [5.74, 6) is -0.407. The zero-order valence-electron chi connectivity index (χ0n) is 14.4. The summed E-state index contributed by atoms with van der Waals surface area (Å²) < 4.78 is 16.5. The van der Waals surface area contributed by atoms with Crippen LogP contribution in [-0.4, -0.2) is 26.4 Å². The highest BCUT2D eigenvalue weighted by Crippen LogP contribution is 2.36. The Kier molecular flexibility index (Phi) is 3.94. The van der Waals surface area contributed by atoms with Gasteiger partial charge in [0, 0.05) is 54.0 Å². The summed E-state index contributed by atoms with van der Waals surface area (Å²) >= 11 is 0. The Balaban J connectivity index is 2.05. The van der Waals surface area contributed by atoms with Gasteiger partial charge in [0.2, 0.25) is 0 Å². The van der Waals surface area contributed by atoms with Crippen molar-refractivity contribution < 1.29 is 9.50 Å². The highest BCUT2D eigenvalue weighted by Gasteiger charge is 2.24. The van der Waals surface area contributed by atoms with Crippen LogP contribution in [-0.2, 0) is 19.6 Å². The van der Waals surface area contributed by atoms with Gasteiger partial charge >= 0.3 is 0 Å². The molecule has 2 aromatic heterocycles. The molecule has 0 fully saturated rings. The van der Waals surface area contributed by atoms with E-state index in [4.69, 9.17) is 5.10 Å². The largest absolute Gasteiger partial charge is 0.391 e. The Bertz CT molecular complexity index is 979. The van der Waals surface area contributed by atoms with Gasteiger partial charge in [0.15, 0.2) is 0 Å².